The average molecular weight is 282 g/mol. The molecule has 2 bridgehead atoms. The van der Waals surface area contributed by atoms with Crippen LogP contribution in [-0.4, -0.2) is 14.2 Å². The monoisotopic (exact) mass is 282 g/mol. The third kappa shape index (κ3) is 1.70. The summed E-state index contributed by atoms with van der Waals surface area (Å²) in [6.45, 7) is -0.233. The van der Waals surface area contributed by atoms with E-state index in [1.807, 2.05) is 14.2 Å². The van der Waals surface area contributed by atoms with Crippen LogP contribution in [0.25, 0.3) is 0 Å². The summed E-state index contributed by atoms with van der Waals surface area (Å²) >= 11 is 0. The molecule has 0 aliphatic carbocycles. The van der Waals surface area contributed by atoms with Crippen LogP contribution in [0.3, 0.4) is 0 Å². The third-order valence-corrected chi connectivity index (χ3v) is 47.6. The Balaban J connectivity index is 2.56. The molecule has 0 fully saturated rings. The first kappa shape index (κ1) is 9.34. The maximum absolute atomic E-state index is 5.42. The normalized spacial score (nSPS) is 18.0. The Morgan fingerprint density at radius 1 is 0.818 bits per heavy atom. The molecule has 9 heteroatoms. The van der Waals surface area contributed by atoms with E-state index >= 15 is 0 Å². The summed E-state index contributed by atoms with van der Waals surface area (Å²) in [6, 6.07) is 0. The molecule has 0 aromatic carbocycles. The largest absolute Gasteiger partial charge is 0.322 e. The molecule has 0 N–H and O–H groups in total. The molecule has 0 spiro atoms. The van der Waals surface area contributed by atoms with E-state index in [0.29, 0.717) is 0 Å². The lowest BCUT2D eigenvalue weighted by atomic mass is 11.8. The summed E-state index contributed by atoms with van der Waals surface area (Å²) in [5.41, 5.74) is 0. The van der Waals surface area contributed by atoms with Crippen molar-refractivity contribution in [1.82, 2.24) is 0 Å². The van der Waals surface area contributed by atoms with Gasteiger partial charge in [0.05, 0.1) is 10.7 Å². The Bertz CT molecular complexity index is 329. The molecular weight excluding hydrogens is 276 g/mol. The predicted molar refractivity (Wildman–Crippen MR) is 62.0 cm³/mol. The smallest absolute Gasteiger partial charge is 0.117 e. The van der Waals surface area contributed by atoms with Gasteiger partial charge in [0.25, 0.3) is 0 Å². The van der Waals surface area contributed by atoms with E-state index in [2.05, 4.69) is 31.6 Å². The minimum absolute atomic E-state index is 0.0940. The molecule has 2 rings (SSSR count). The fourth-order valence-electron chi connectivity index (χ4n) is 0.588. The van der Waals surface area contributed by atoms with E-state index in [0.717, 1.165) is 0 Å². The highest BCUT2D eigenvalue weighted by Crippen LogP contribution is 2.79. The van der Waals surface area contributed by atoms with E-state index in [1.54, 1.807) is 0 Å². The number of rotatable bonds is 2. The van der Waals surface area contributed by atoms with Gasteiger partial charge >= 0.3 is 0 Å². The van der Waals surface area contributed by atoms with Crippen LogP contribution < -0.4 is 9.05 Å². The van der Waals surface area contributed by atoms with Gasteiger partial charge in [-0.3, -0.25) is 0 Å². The molecule has 2 aromatic heterocycles. The summed E-state index contributed by atoms with van der Waals surface area (Å²) in [7, 11) is 9.99. The molecule has 0 amide bonds. The van der Waals surface area contributed by atoms with Crippen LogP contribution in [-0.2, 0) is 0 Å². The molecule has 0 radical (unpaired) electrons. The maximum atomic E-state index is 5.42. The highest BCUT2D eigenvalue weighted by molar-refractivity contribution is 8.79. The quantitative estimate of drug-likeness (QED) is 0.787. The van der Waals surface area contributed by atoms with Crippen molar-refractivity contribution in [3.05, 3.63) is 0 Å². The number of hydrogen-bond acceptors (Lipinski definition) is 5. The lowest BCUT2D eigenvalue weighted by Crippen LogP contribution is -1.68. The predicted octanol–water partition coefficient (Wildman–Crippen LogP) is 4.81. The SMILES string of the molecule is COp1sp2sp1sp2OC. The maximum Gasteiger partial charge on any atom is 0.117 e. The minimum Gasteiger partial charge on any atom is -0.322 e. The molecule has 2 heterocycles. The van der Waals surface area contributed by atoms with E-state index in [9.17, 15) is 0 Å². The van der Waals surface area contributed by atoms with E-state index < -0.39 is 0 Å². The van der Waals surface area contributed by atoms with Crippen LogP contribution in [0.2, 0.25) is 0 Å². The van der Waals surface area contributed by atoms with Gasteiger partial charge in [0, 0.05) is 14.2 Å². The first-order valence-electron chi connectivity index (χ1n) is 2.68. The van der Waals surface area contributed by atoms with Gasteiger partial charge in [0.2, 0.25) is 0 Å². The zero-order valence-electron chi connectivity index (χ0n) is 5.83. The lowest BCUT2D eigenvalue weighted by molar-refractivity contribution is 0.562. The van der Waals surface area contributed by atoms with Gasteiger partial charge in [0.1, 0.15) is 13.2 Å². The standard InChI is InChI=1S/C2H6O2P4S3/c1-3-5-7-10-6(4-2)8(9-5)11-7/h1-2H3. The van der Waals surface area contributed by atoms with Crippen molar-refractivity contribution in [2.45, 2.75) is 0 Å². The van der Waals surface area contributed by atoms with E-state index in [1.165, 1.54) is 0 Å². The fraction of sp³-hybridized carbons (Fsp3) is 1.00. The Hall–Kier alpha value is 1.78. The Morgan fingerprint density at radius 2 is 1.27 bits per heavy atom. The van der Waals surface area contributed by atoms with Gasteiger partial charge in [-0.05, 0) is 0 Å². The molecular formula is C2H6O2P4S3. The average Bonchev–Trinajstić information content (AvgIpc) is 2.60. The summed E-state index contributed by atoms with van der Waals surface area (Å²) < 4.78 is 10.8. The fourth-order valence-corrected chi connectivity index (χ4v) is 80.8. The van der Waals surface area contributed by atoms with Crippen LogP contribution in [0.4, 0.5) is 0 Å². The first-order chi connectivity index (χ1) is 5.35. The zero-order valence-corrected chi connectivity index (χ0v) is 11.9. The van der Waals surface area contributed by atoms with Crippen molar-refractivity contribution >= 4 is 55.6 Å². The highest BCUT2D eigenvalue weighted by atomic mass is 33.4. The molecule has 64 valence electrons. The summed E-state index contributed by atoms with van der Waals surface area (Å²) in [4.78, 5) is 0. The second-order valence-electron chi connectivity index (χ2n) is 1.56. The molecule has 2 aromatic rings. The van der Waals surface area contributed by atoms with Gasteiger partial charge in [-0.2, -0.15) is 0 Å². The second kappa shape index (κ2) is 3.88. The third-order valence-electron chi connectivity index (χ3n) is 0.998. The van der Waals surface area contributed by atoms with E-state index in [4.69, 9.17) is 9.05 Å². The molecule has 11 heavy (non-hydrogen) atoms. The lowest BCUT2D eigenvalue weighted by Gasteiger charge is -1.94. The summed E-state index contributed by atoms with van der Waals surface area (Å²) in [6.07, 6.45) is 0. The molecule has 4 atom stereocenters. The van der Waals surface area contributed by atoms with Gasteiger partial charge in [-0.1, -0.05) is 31.6 Å². The molecule has 4 unspecified atom stereocenters. The summed E-state index contributed by atoms with van der Waals surface area (Å²) in [5, 5.41) is 0.188. The number of fused-ring (bicyclic) bond motifs is 2. The second-order valence-corrected chi connectivity index (χ2v) is 27.8. The first-order valence-corrected chi connectivity index (χ1v) is 15.4. The van der Waals surface area contributed by atoms with Crippen molar-refractivity contribution < 1.29 is 9.05 Å². The van der Waals surface area contributed by atoms with Gasteiger partial charge < -0.3 is 9.05 Å². The molecule has 0 saturated carbocycles. The van der Waals surface area contributed by atoms with Crippen LogP contribution in [0, 0.1) is 0 Å². The van der Waals surface area contributed by atoms with Crippen molar-refractivity contribution in [2.75, 3.05) is 14.2 Å². The van der Waals surface area contributed by atoms with Gasteiger partial charge in [-0.15, -0.1) is 0 Å². The van der Waals surface area contributed by atoms with Crippen LogP contribution >= 0.6 is 55.6 Å². The molecule has 0 saturated heterocycles. The van der Waals surface area contributed by atoms with Crippen molar-refractivity contribution in [3.63, 3.8) is 0 Å². The van der Waals surface area contributed by atoms with Crippen molar-refractivity contribution in [3.8, 4) is 0 Å². The minimum atomic E-state index is -0.117. The summed E-state index contributed by atoms with van der Waals surface area (Å²) in [5.74, 6) is 0. The van der Waals surface area contributed by atoms with Crippen LogP contribution in [0.15, 0.2) is 0 Å². The van der Waals surface area contributed by atoms with Crippen molar-refractivity contribution in [1.29, 1.82) is 0 Å². The van der Waals surface area contributed by atoms with Crippen LogP contribution in [0.1, 0.15) is 0 Å². The Morgan fingerprint density at radius 3 is 1.55 bits per heavy atom. The number of hydrogen-bond donors (Lipinski definition) is 0. The topological polar surface area (TPSA) is 18.5 Å². The molecule has 0 aliphatic heterocycles. The highest BCUT2D eigenvalue weighted by Gasteiger charge is 2.11. The van der Waals surface area contributed by atoms with Gasteiger partial charge in [0.15, 0.2) is 0 Å². The Kier molecular flexibility index (Phi) is 3.30. The van der Waals surface area contributed by atoms with Crippen molar-refractivity contribution in [2.24, 2.45) is 0 Å². The van der Waals surface area contributed by atoms with Crippen LogP contribution in [0.5, 0.6) is 0 Å². The zero-order chi connectivity index (χ0) is 7.84. The molecule has 0 aliphatic rings. The van der Waals surface area contributed by atoms with E-state index in [-0.39, 0.29) is 24.0 Å². The van der Waals surface area contributed by atoms with Gasteiger partial charge in [-0.25, -0.2) is 0 Å². The Labute approximate surface area is 78.7 Å². The molecule has 2 nitrogen and oxygen atoms in total.